The van der Waals surface area contributed by atoms with Gasteiger partial charge < -0.3 is 23.6 Å². The number of ether oxygens (including phenoxy) is 2. The molecule has 1 unspecified atom stereocenters. The normalized spacial score (nSPS) is 11.9. The number of carbonyl (C=O) groups is 2. The minimum Gasteiger partial charge on any atom is -0.494 e. The minimum atomic E-state index is -2.01. The Balaban J connectivity index is 1.88. The van der Waals surface area contributed by atoms with Crippen molar-refractivity contribution in [2.24, 2.45) is 0 Å². The Bertz CT molecular complexity index is 1160. The van der Waals surface area contributed by atoms with E-state index in [0.29, 0.717) is 17.9 Å². The van der Waals surface area contributed by atoms with Gasteiger partial charge in [0.25, 0.3) is 17.3 Å². The number of nitrogens with one attached hydrogen (secondary N) is 1. The summed E-state index contributed by atoms with van der Waals surface area (Å²) in [4.78, 5) is 45.7. The molecule has 0 saturated heterocycles. The molecule has 1 atom stereocenters. The Hall–Kier alpha value is -3.53. The number of nitro groups is 2. The Labute approximate surface area is 243 Å². The van der Waals surface area contributed by atoms with E-state index < -0.39 is 47.7 Å². The van der Waals surface area contributed by atoms with Crippen LogP contribution in [0.2, 0.25) is 12.6 Å². The summed E-state index contributed by atoms with van der Waals surface area (Å²) in [5, 5.41) is 24.7. The summed E-state index contributed by atoms with van der Waals surface area (Å²) in [6, 6.07) is 9.37. The molecule has 13 nitrogen and oxygen atoms in total. The number of esters is 1. The van der Waals surface area contributed by atoms with Gasteiger partial charge in [0.1, 0.15) is 11.8 Å². The second kappa shape index (κ2) is 16.7. The summed E-state index contributed by atoms with van der Waals surface area (Å²) in [5.41, 5.74) is -0.874. The highest BCUT2D eigenvalue weighted by molar-refractivity contribution is 7.99. The third kappa shape index (κ3) is 11.1. The predicted molar refractivity (Wildman–Crippen MR) is 156 cm³/mol. The maximum Gasteiger partial charge on any atom is 0.334 e. The molecule has 0 bridgehead atoms. The number of rotatable bonds is 18. The van der Waals surface area contributed by atoms with E-state index in [-0.39, 0.29) is 12.0 Å². The smallest absolute Gasteiger partial charge is 0.334 e. The van der Waals surface area contributed by atoms with Crippen molar-refractivity contribution in [2.75, 3.05) is 39.4 Å². The van der Waals surface area contributed by atoms with Gasteiger partial charge in [0.2, 0.25) is 0 Å². The summed E-state index contributed by atoms with van der Waals surface area (Å²) in [5.74, 6) is 1.01. The van der Waals surface area contributed by atoms with Crippen LogP contribution >= 0.6 is 11.8 Å². The fourth-order valence-electron chi connectivity index (χ4n) is 3.71. The molecule has 0 aliphatic carbocycles. The van der Waals surface area contributed by atoms with Crippen LogP contribution in [0.15, 0.2) is 42.5 Å². The van der Waals surface area contributed by atoms with Crippen LogP contribution in [0.25, 0.3) is 0 Å². The Kier molecular flexibility index (Phi) is 13.7. The summed E-state index contributed by atoms with van der Waals surface area (Å²) < 4.78 is 21.6. The highest BCUT2D eigenvalue weighted by Crippen LogP contribution is 2.23. The van der Waals surface area contributed by atoms with Crippen LogP contribution in [0.4, 0.5) is 11.4 Å². The highest BCUT2D eigenvalue weighted by Gasteiger charge is 2.28. The fraction of sp³-hybridized carbons (Fsp3) is 0.462. The Morgan fingerprint density at radius 3 is 2.07 bits per heavy atom. The van der Waals surface area contributed by atoms with Gasteiger partial charge in [-0.1, -0.05) is 12.1 Å². The first-order valence-corrected chi connectivity index (χ1v) is 16.4. The van der Waals surface area contributed by atoms with Gasteiger partial charge in [-0.05, 0) is 54.6 Å². The van der Waals surface area contributed by atoms with Gasteiger partial charge in [0, 0.05) is 32.8 Å². The van der Waals surface area contributed by atoms with E-state index in [1.807, 2.05) is 11.8 Å². The molecule has 0 saturated carbocycles. The number of amides is 1. The third-order valence-corrected chi connectivity index (χ3v) is 10.4. The second-order valence-electron chi connectivity index (χ2n) is 9.11. The third-order valence-electron chi connectivity index (χ3n) is 6.23. The lowest BCUT2D eigenvalue weighted by molar-refractivity contribution is -0.394. The maximum absolute atomic E-state index is 12.8. The van der Waals surface area contributed by atoms with Gasteiger partial charge in [0.15, 0.2) is 0 Å². The van der Waals surface area contributed by atoms with Crippen molar-refractivity contribution in [2.45, 2.75) is 37.9 Å². The Morgan fingerprint density at radius 1 is 0.951 bits per heavy atom. The van der Waals surface area contributed by atoms with Gasteiger partial charge >= 0.3 is 14.5 Å². The zero-order valence-corrected chi connectivity index (χ0v) is 25.3. The van der Waals surface area contributed by atoms with Gasteiger partial charge in [-0.3, -0.25) is 25.0 Å². The molecule has 1 N–H and O–H groups in total. The second-order valence-corrected chi connectivity index (χ2v) is 13.9. The van der Waals surface area contributed by atoms with Gasteiger partial charge in [-0.15, -0.1) is 0 Å². The molecule has 15 heteroatoms. The molecule has 41 heavy (non-hydrogen) atoms. The zero-order chi connectivity index (χ0) is 30.4. The molecule has 2 aromatic carbocycles. The van der Waals surface area contributed by atoms with Crippen LogP contribution in [0.5, 0.6) is 5.75 Å². The molecule has 0 fully saturated rings. The average molecular weight is 610 g/mol. The van der Waals surface area contributed by atoms with Crippen molar-refractivity contribution in [3.05, 3.63) is 73.8 Å². The Morgan fingerprint density at radius 2 is 1.54 bits per heavy atom. The molecule has 0 aliphatic rings. The first kappa shape index (κ1) is 33.7. The van der Waals surface area contributed by atoms with Crippen LogP contribution in [0.3, 0.4) is 0 Å². The molecule has 224 valence electrons. The lowest BCUT2D eigenvalue weighted by Crippen LogP contribution is -2.43. The summed E-state index contributed by atoms with van der Waals surface area (Å²) in [7, 11) is 2.55. The van der Waals surface area contributed by atoms with Crippen molar-refractivity contribution < 1.29 is 37.8 Å². The van der Waals surface area contributed by atoms with E-state index in [2.05, 4.69) is 11.9 Å². The first-order valence-electron chi connectivity index (χ1n) is 12.7. The molecular formula is C26H35N3O10SSi. The van der Waals surface area contributed by atoms with Gasteiger partial charge in [-0.2, -0.15) is 11.8 Å². The van der Waals surface area contributed by atoms with Crippen LogP contribution < -0.4 is 10.1 Å². The number of non-ortho nitro benzene ring substituents is 2. The van der Waals surface area contributed by atoms with Crippen LogP contribution in [0.1, 0.15) is 28.8 Å². The number of thioether (sulfide) groups is 1. The highest BCUT2D eigenvalue weighted by atomic mass is 32.2. The molecule has 1 amide bonds. The number of methoxy groups -OCH3 is 1. The van der Waals surface area contributed by atoms with Crippen LogP contribution in [-0.2, 0) is 24.8 Å². The number of hydrogen-bond acceptors (Lipinski definition) is 11. The van der Waals surface area contributed by atoms with E-state index >= 15 is 0 Å². The molecule has 0 aromatic heterocycles. The summed E-state index contributed by atoms with van der Waals surface area (Å²) in [6.07, 6.45) is 1.97. The quantitative estimate of drug-likeness (QED) is 0.0841. The molecule has 0 aliphatic heterocycles. The number of carbonyl (C=O) groups excluding carboxylic acids is 2. The molecule has 2 aromatic rings. The largest absolute Gasteiger partial charge is 0.494 e. The van der Waals surface area contributed by atoms with Gasteiger partial charge in [0.05, 0.1) is 35.2 Å². The van der Waals surface area contributed by atoms with E-state index in [1.54, 1.807) is 38.5 Å². The van der Waals surface area contributed by atoms with Crippen molar-refractivity contribution >= 4 is 43.6 Å². The van der Waals surface area contributed by atoms with Crippen LogP contribution in [-0.4, -0.2) is 75.8 Å². The zero-order valence-electron chi connectivity index (χ0n) is 23.5. The van der Waals surface area contributed by atoms with E-state index in [1.165, 1.54) is 0 Å². The first-order chi connectivity index (χ1) is 19.5. The molecular weight excluding hydrogens is 574 g/mol. The minimum absolute atomic E-state index is 0.0560. The SMILES string of the molecule is COC(=O)C(Cc1ccc(OCCCSCCC[Si](C)(OC)OC)cc1)NC(=O)c1cc([N+](=O)[O-])cc([N+](=O)[O-])c1. The lowest BCUT2D eigenvalue weighted by Gasteiger charge is -2.22. The number of benzene rings is 2. The van der Waals surface area contributed by atoms with E-state index in [9.17, 15) is 29.8 Å². The van der Waals surface area contributed by atoms with Crippen molar-refractivity contribution in [1.29, 1.82) is 0 Å². The molecule has 2 rings (SSSR count). The average Bonchev–Trinajstić information content (AvgIpc) is 2.97. The number of hydrogen-bond donors (Lipinski definition) is 1. The number of nitrogens with zero attached hydrogens (tertiary/aromatic N) is 2. The molecule has 0 radical (unpaired) electrons. The topological polar surface area (TPSA) is 169 Å². The lowest BCUT2D eigenvalue weighted by atomic mass is 10.0. The van der Waals surface area contributed by atoms with Crippen molar-refractivity contribution in [1.82, 2.24) is 5.32 Å². The number of nitro benzene ring substituents is 2. The van der Waals surface area contributed by atoms with E-state index in [0.717, 1.165) is 55.7 Å². The van der Waals surface area contributed by atoms with Gasteiger partial charge in [-0.25, -0.2) is 4.79 Å². The van der Waals surface area contributed by atoms with E-state index in [4.69, 9.17) is 18.3 Å². The predicted octanol–water partition coefficient (Wildman–Crippen LogP) is 4.27. The molecule has 0 spiro atoms. The standard InChI is InChI=1S/C26H35N3O10SSi/c1-36-26(31)24(27-25(30)20-16-21(28(32)33)18-22(17-20)29(34)35)15-19-7-9-23(10-8-19)39-11-5-12-40-13-6-14-41(4,37-2)38-3/h7-10,16-18,24H,5-6,11-15H2,1-4H3,(H,27,30). The maximum atomic E-state index is 12.8. The summed E-state index contributed by atoms with van der Waals surface area (Å²) >= 11 is 1.86. The summed E-state index contributed by atoms with van der Waals surface area (Å²) in [6.45, 7) is 2.60. The van der Waals surface area contributed by atoms with Crippen molar-refractivity contribution in [3.8, 4) is 5.75 Å². The van der Waals surface area contributed by atoms with Crippen LogP contribution in [0, 0.1) is 20.2 Å². The fourth-order valence-corrected chi connectivity index (χ4v) is 6.23. The molecule has 0 heterocycles. The van der Waals surface area contributed by atoms with Crippen molar-refractivity contribution in [3.63, 3.8) is 0 Å². The monoisotopic (exact) mass is 609 g/mol.